The van der Waals surface area contributed by atoms with Crippen LogP contribution in [-0.2, 0) is 10.5 Å². The number of aryl methyl sites for hydroxylation is 2. The summed E-state index contributed by atoms with van der Waals surface area (Å²) >= 11 is 1.54. The SMILES string of the molecule is Cc1noc(C)c1CSCC(=O)Nc1ccc(N2CCCCC2)cn1. The van der Waals surface area contributed by atoms with E-state index in [1.807, 2.05) is 32.2 Å². The molecule has 0 spiro atoms. The van der Waals surface area contributed by atoms with Gasteiger partial charge in [0.25, 0.3) is 0 Å². The Bertz CT molecular complexity index is 689. The van der Waals surface area contributed by atoms with Crippen molar-refractivity contribution >= 4 is 29.2 Å². The molecule has 1 aliphatic rings. The van der Waals surface area contributed by atoms with Crippen molar-refractivity contribution in [3.8, 4) is 0 Å². The molecule has 0 aromatic carbocycles. The van der Waals surface area contributed by atoms with E-state index in [-0.39, 0.29) is 5.91 Å². The zero-order chi connectivity index (χ0) is 17.6. The number of nitrogens with one attached hydrogen (secondary N) is 1. The second-order valence-electron chi connectivity index (χ2n) is 6.29. The van der Waals surface area contributed by atoms with E-state index in [4.69, 9.17) is 4.52 Å². The van der Waals surface area contributed by atoms with Crippen LogP contribution in [0.25, 0.3) is 0 Å². The highest BCUT2D eigenvalue weighted by molar-refractivity contribution is 7.99. The minimum absolute atomic E-state index is 0.0463. The van der Waals surface area contributed by atoms with Crippen LogP contribution in [0.2, 0.25) is 0 Å². The third-order valence-electron chi connectivity index (χ3n) is 4.40. The van der Waals surface area contributed by atoms with Crippen LogP contribution in [0.4, 0.5) is 11.5 Å². The predicted octanol–water partition coefficient (Wildman–Crippen LogP) is 3.55. The number of anilines is 2. The molecule has 1 N–H and O–H groups in total. The number of amides is 1. The maximum absolute atomic E-state index is 12.1. The van der Waals surface area contributed by atoms with Gasteiger partial charge in [-0.05, 0) is 45.2 Å². The molecule has 134 valence electrons. The van der Waals surface area contributed by atoms with E-state index in [2.05, 4.69) is 20.4 Å². The Kier molecular flexibility index (Phi) is 5.96. The average molecular weight is 360 g/mol. The van der Waals surface area contributed by atoms with Crippen LogP contribution < -0.4 is 10.2 Å². The van der Waals surface area contributed by atoms with Gasteiger partial charge in [0.2, 0.25) is 5.91 Å². The Labute approximate surface area is 152 Å². The Morgan fingerprint density at radius 3 is 2.72 bits per heavy atom. The lowest BCUT2D eigenvalue weighted by atomic mass is 10.1. The van der Waals surface area contributed by atoms with Crippen molar-refractivity contribution in [3.05, 3.63) is 35.3 Å². The van der Waals surface area contributed by atoms with E-state index >= 15 is 0 Å². The summed E-state index contributed by atoms with van der Waals surface area (Å²) in [5.74, 6) is 2.47. The third kappa shape index (κ3) is 4.75. The number of hydrogen-bond donors (Lipinski definition) is 1. The molecule has 7 heteroatoms. The fraction of sp³-hybridized carbons (Fsp3) is 0.500. The summed E-state index contributed by atoms with van der Waals surface area (Å²) in [5, 5.41) is 6.78. The van der Waals surface area contributed by atoms with Gasteiger partial charge in [-0.1, -0.05) is 5.16 Å². The fourth-order valence-electron chi connectivity index (χ4n) is 2.93. The quantitative estimate of drug-likeness (QED) is 0.849. The Balaban J connectivity index is 1.46. The number of aromatic nitrogens is 2. The van der Waals surface area contributed by atoms with Crippen molar-refractivity contribution in [2.75, 3.05) is 29.1 Å². The molecule has 2 aromatic heterocycles. The summed E-state index contributed by atoms with van der Waals surface area (Å²) in [7, 11) is 0. The van der Waals surface area contributed by atoms with E-state index in [1.54, 1.807) is 11.8 Å². The van der Waals surface area contributed by atoms with Crippen molar-refractivity contribution in [1.29, 1.82) is 0 Å². The van der Waals surface area contributed by atoms with Crippen LogP contribution in [0, 0.1) is 13.8 Å². The molecule has 0 unspecified atom stereocenters. The first kappa shape index (κ1) is 17.8. The molecule has 1 aliphatic heterocycles. The smallest absolute Gasteiger partial charge is 0.235 e. The van der Waals surface area contributed by atoms with Gasteiger partial charge in [-0.3, -0.25) is 4.79 Å². The topological polar surface area (TPSA) is 71.3 Å². The van der Waals surface area contributed by atoms with Crippen LogP contribution in [0.5, 0.6) is 0 Å². The molecule has 1 fully saturated rings. The lowest BCUT2D eigenvalue weighted by molar-refractivity contribution is -0.113. The minimum atomic E-state index is -0.0463. The zero-order valence-corrected chi connectivity index (χ0v) is 15.6. The molecule has 1 saturated heterocycles. The van der Waals surface area contributed by atoms with Gasteiger partial charge in [0.1, 0.15) is 11.6 Å². The monoisotopic (exact) mass is 360 g/mol. The minimum Gasteiger partial charge on any atom is -0.370 e. The van der Waals surface area contributed by atoms with Crippen molar-refractivity contribution in [3.63, 3.8) is 0 Å². The maximum Gasteiger partial charge on any atom is 0.235 e. The van der Waals surface area contributed by atoms with Crippen molar-refractivity contribution < 1.29 is 9.32 Å². The van der Waals surface area contributed by atoms with Gasteiger partial charge in [-0.25, -0.2) is 4.98 Å². The first-order valence-electron chi connectivity index (χ1n) is 8.64. The summed E-state index contributed by atoms with van der Waals surface area (Å²) < 4.78 is 5.13. The van der Waals surface area contributed by atoms with Crippen LogP contribution >= 0.6 is 11.8 Å². The van der Waals surface area contributed by atoms with Crippen LogP contribution in [-0.4, -0.2) is 34.9 Å². The van der Waals surface area contributed by atoms with Crippen molar-refractivity contribution in [2.24, 2.45) is 0 Å². The lowest BCUT2D eigenvalue weighted by Crippen LogP contribution is -2.29. The molecule has 3 heterocycles. The van der Waals surface area contributed by atoms with Gasteiger partial charge in [0.05, 0.1) is 23.3 Å². The van der Waals surface area contributed by atoms with Gasteiger partial charge in [-0.2, -0.15) is 0 Å². The van der Waals surface area contributed by atoms with Gasteiger partial charge in [0.15, 0.2) is 0 Å². The van der Waals surface area contributed by atoms with Crippen LogP contribution in [0.3, 0.4) is 0 Å². The van der Waals surface area contributed by atoms with Crippen molar-refractivity contribution in [2.45, 2.75) is 38.9 Å². The second kappa shape index (κ2) is 8.38. The van der Waals surface area contributed by atoms with E-state index in [0.29, 0.717) is 11.6 Å². The van der Waals surface area contributed by atoms with E-state index in [0.717, 1.165) is 41.5 Å². The van der Waals surface area contributed by atoms with Crippen LogP contribution in [0.15, 0.2) is 22.9 Å². The third-order valence-corrected chi connectivity index (χ3v) is 5.36. The molecular formula is C18H24N4O2S. The number of piperidine rings is 1. The highest BCUT2D eigenvalue weighted by Gasteiger charge is 2.12. The second-order valence-corrected chi connectivity index (χ2v) is 7.28. The molecule has 0 aliphatic carbocycles. The molecule has 1 amide bonds. The standard InChI is InChI=1S/C18H24N4O2S/c1-13-16(14(2)24-21-13)11-25-12-18(23)20-17-7-6-15(10-19-17)22-8-4-3-5-9-22/h6-7,10H,3-5,8-9,11-12H2,1-2H3,(H,19,20,23). The summed E-state index contributed by atoms with van der Waals surface area (Å²) in [6.45, 7) is 5.99. The molecule has 25 heavy (non-hydrogen) atoms. The van der Waals surface area contributed by atoms with Crippen molar-refractivity contribution in [1.82, 2.24) is 10.1 Å². The number of pyridine rings is 1. The van der Waals surface area contributed by atoms with Gasteiger partial charge < -0.3 is 14.7 Å². The average Bonchev–Trinajstić information content (AvgIpc) is 2.95. The maximum atomic E-state index is 12.1. The summed E-state index contributed by atoms with van der Waals surface area (Å²) in [5.41, 5.74) is 3.09. The molecule has 3 rings (SSSR count). The Hall–Kier alpha value is -2.02. The molecule has 0 atom stereocenters. The van der Waals surface area contributed by atoms with E-state index in [1.165, 1.54) is 19.3 Å². The molecule has 2 aromatic rings. The van der Waals surface area contributed by atoms with Gasteiger partial charge in [-0.15, -0.1) is 11.8 Å². The summed E-state index contributed by atoms with van der Waals surface area (Å²) in [4.78, 5) is 18.8. The Morgan fingerprint density at radius 1 is 1.28 bits per heavy atom. The van der Waals surface area contributed by atoms with Crippen LogP contribution in [0.1, 0.15) is 36.3 Å². The first-order valence-corrected chi connectivity index (χ1v) is 9.79. The molecule has 0 radical (unpaired) electrons. The number of nitrogens with zero attached hydrogens (tertiary/aromatic N) is 3. The normalized spacial score (nSPS) is 14.6. The fourth-order valence-corrected chi connectivity index (χ4v) is 3.91. The Morgan fingerprint density at radius 2 is 2.08 bits per heavy atom. The predicted molar refractivity (Wildman–Crippen MR) is 101 cm³/mol. The molecule has 0 saturated carbocycles. The number of carbonyl (C=O) groups excluding carboxylic acids is 1. The number of hydrogen-bond acceptors (Lipinski definition) is 6. The van der Waals surface area contributed by atoms with Gasteiger partial charge in [0, 0.05) is 24.4 Å². The number of carbonyl (C=O) groups is 1. The molecular weight excluding hydrogens is 336 g/mol. The highest BCUT2D eigenvalue weighted by Crippen LogP contribution is 2.21. The molecule has 0 bridgehead atoms. The number of thioether (sulfide) groups is 1. The van der Waals surface area contributed by atoms with E-state index in [9.17, 15) is 4.79 Å². The zero-order valence-electron chi connectivity index (χ0n) is 14.7. The van der Waals surface area contributed by atoms with E-state index < -0.39 is 0 Å². The molecule has 6 nitrogen and oxygen atoms in total. The first-order chi connectivity index (χ1) is 12.1. The highest BCUT2D eigenvalue weighted by atomic mass is 32.2. The van der Waals surface area contributed by atoms with Gasteiger partial charge >= 0.3 is 0 Å². The largest absolute Gasteiger partial charge is 0.370 e. The lowest BCUT2D eigenvalue weighted by Gasteiger charge is -2.28. The summed E-state index contributed by atoms with van der Waals surface area (Å²) in [6, 6.07) is 3.91. The summed E-state index contributed by atoms with van der Waals surface area (Å²) in [6.07, 6.45) is 5.63. The number of rotatable bonds is 6.